The Labute approximate surface area is 99.5 Å². The molecule has 7 heteroatoms. The van der Waals surface area contributed by atoms with Gasteiger partial charge in [-0.25, -0.2) is 17.7 Å². The number of nitrogens with two attached hydrogens (primary N) is 1. The summed E-state index contributed by atoms with van der Waals surface area (Å²) in [5.41, 5.74) is 6.13. The van der Waals surface area contributed by atoms with Crippen molar-refractivity contribution in [3.8, 4) is 0 Å². The number of pyridine rings is 1. The predicted molar refractivity (Wildman–Crippen MR) is 62.2 cm³/mol. The molecule has 2 heterocycles. The van der Waals surface area contributed by atoms with Crippen LogP contribution in [0.15, 0.2) is 18.3 Å². The molecule has 17 heavy (non-hydrogen) atoms. The molecule has 1 amide bonds. The molecule has 2 rings (SSSR count). The van der Waals surface area contributed by atoms with E-state index in [4.69, 9.17) is 5.73 Å². The molecule has 0 spiro atoms. The summed E-state index contributed by atoms with van der Waals surface area (Å²) in [5, 5.41) is 0. The summed E-state index contributed by atoms with van der Waals surface area (Å²) in [6, 6.07) is 3.18. The Hall–Kier alpha value is -1.63. The van der Waals surface area contributed by atoms with E-state index in [1.165, 1.54) is 20.0 Å². The van der Waals surface area contributed by atoms with Crippen LogP contribution in [0.4, 0.5) is 5.82 Å². The number of hydrogen-bond donors (Lipinski definition) is 1. The SMILES string of the molecule is CC1(C)C(=O)N(Cc2ccnc(N)c2)S1(=O)=O. The normalized spacial score (nSPS) is 21.1. The molecule has 0 aliphatic carbocycles. The molecular formula is C10H13N3O3S. The summed E-state index contributed by atoms with van der Waals surface area (Å²) in [7, 11) is -3.54. The lowest BCUT2D eigenvalue weighted by Crippen LogP contribution is -2.66. The number of nitrogens with zero attached hydrogens (tertiary/aromatic N) is 2. The zero-order valence-electron chi connectivity index (χ0n) is 9.54. The largest absolute Gasteiger partial charge is 0.384 e. The summed E-state index contributed by atoms with van der Waals surface area (Å²) < 4.78 is 23.2. The van der Waals surface area contributed by atoms with Crippen LogP contribution in [0.1, 0.15) is 19.4 Å². The Morgan fingerprint density at radius 2 is 2.12 bits per heavy atom. The van der Waals surface area contributed by atoms with Crippen molar-refractivity contribution in [3.63, 3.8) is 0 Å². The molecule has 0 saturated carbocycles. The molecule has 0 unspecified atom stereocenters. The highest BCUT2D eigenvalue weighted by Gasteiger charge is 2.59. The van der Waals surface area contributed by atoms with Crippen molar-refractivity contribution in [1.29, 1.82) is 0 Å². The van der Waals surface area contributed by atoms with E-state index in [0.29, 0.717) is 11.4 Å². The molecule has 1 aliphatic heterocycles. The molecule has 0 aromatic carbocycles. The third kappa shape index (κ3) is 1.57. The van der Waals surface area contributed by atoms with Gasteiger partial charge in [0.25, 0.3) is 15.9 Å². The number of anilines is 1. The third-order valence-corrected chi connectivity index (χ3v) is 5.19. The van der Waals surface area contributed by atoms with E-state index in [-0.39, 0.29) is 6.54 Å². The molecule has 0 bridgehead atoms. The van der Waals surface area contributed by atoms with Gasteiger partial charge < -0.3 is 5.73 Å². The number of amides is 1. The van der Waals surface area contributed by atoms with Crippen LogP contribution in [-0.2, 0) is 21.4 Å². The van der Waals surface area contributed by atoms with Crippen molar-refractivity contribution < 1.29 is 13.2 Å². The van der Waals surface area contributed by atoms with E-state index in [9.17, 15) is 13.2 Å². The predicted octanol–water partition coefficient (Wildman–Crippen LogP) is 0.114. The van der Waals surface area contributed by atoms with Crippen molar-refractivity contribution >= 4 is 21.7 Å². The lowest BCUT2D eigenvalue weighted by atomic mass is 10.1. The van der Waals surface area contributed by atoms with E-state index in [1.807, 2.05) is 0 Å². The van der Waals surface area contributed by atoms with Gasteiger partial charge in [-0.2, -0.15) is 0 Å². The topological polar surface area (TPSA) is 93.4 Å². The van der Waals surface area contributed by atoms with Gasteiger partial charge in [0, 0.05) is 6.20 Å². The van der Waals surface area contributed by atoms with Crippen LogP contribution in [-0.4, -0.2) is 28.4 Å². The van der Waals surface area contributed by atoms with Crippen LogP contribution >= 0.6 is 0 Å². The smallest absolute Gasteiger partial charge is 0.259 e. The summed E-state index contributed by atoms with van der Waals surface area (Å²) in [4.78, 5) is 15.5. The van der Waals surface area contributed by atoms with Gasteiger partial charge in [-0.15, -0.1) is 0 Å². The van der Waals surface area contributed by atoms with Crippen molar-refractivity contribution in [3.05, 3.63) is 23.9 Å². The first-order valence-corrected chi connectivity index (χ1v) is 6.48. The number of nitrogen functional groups attached to an aromatic ring is 1. The van der Waals surface area contributed by atoms with Crippen LogP contribution in [0, 0.1) is 0 Å². The second-order valence-electron chi connectivity index (χ2n) is 4.42. The summed E-state index contributed by atoms with van der Waals surface area (Å²) >= 11 is 0. The highest BCUT2D eigenvalue weighted by atomic mass is 32.2. The fourth-order valence-corrected chi connectivity index (χ4v) is 3.19. The van der Waals surface area contributed by atoms with E-state index in [2.05, 4.69) is 4.98 Å². The molecule has 6 nitrogen and oxygen atoms in total. The van der Waals surface area contributed by atoms with Gasteiger partial charge in [-0.1, -0.05) is 0 Å². The van der Waals surface area contributed by atoms with E-state index >= 15 is 0 Å². The van der Waals surface area contributed by atoms with Crippen molar-refractivity contribution in [2.75, 3.05) is 5.73 Å². The lowest BCUT2D eigenvalue weighted by Gasteiger charge is -2.43. The van der Waals surface area contributed by atoms with Gasteiger partial charge >= 0.3 is 0 Å². The standard InChI is InChI=1S/C10H13N3O3S/c1-10(2)9(14)13(17(10,15)16)6-7-3-4-12-8(11)5-7/h3-5H,6H2,1-2H3,(H2,11,12). The maximum Gasteiger partial charge on any atom is 0.259 e. The minimum absolute atomic E-state index is 0.0112. The Balaban J connectivity index is 2.26. The van der Waals surface area contributed by atoms with Crippen LogP contribution < -0.4 is 5.73 Å². The van der Waals surface area contributed by atoms with Gasteiger partial charge in [0.05, 0.1) is 6.54 Å². The molecule has 2 N–H and O–H groups in total. The molecule has 0 radical (unpaired) electrons. The second-order valence-corrected chi connectivity index (χ2v) is 6.83. The van der Waals surface area contributed by atoms with Crippen LogP contribution in [0.25, 0.3) is 0 Å². The van der Waals surface area contributed by atoms with Gasteiger partial charge in [-0.3, -0.25) is 4.79 Å². The fraction of sp³-hybridized carbons (Fsp3) is 0.400. The third-order valence-electron chi connectivity index (χ3n) is 2.85. The molecule has 1 aliphatic rings. The molecule has 92 valence electrons. The van der Waals surface area contributed by atoms with E-state index < -0.39 is 20.7 Å². The maximum absolute atomic E-state index is 11.8. The molecule has 0 atom stereocenters. The molecule has 1 aromatic heterocycles. The Kier molecular flexibility index (Phi) is 2.39. The zero-order chi connectivity index (χ0) is 12.8. The number of aromatic nitrogens is 1. The number of hydrogen-bond acceptors (Lipinski definition) is 5. The minimum atomic E-state index is -3.54. The van der Waals surface area contributed by atoms with E-state index in [0.717, 1.165) is 4.31 Å². The number of carbonyl (C=O) groups is 1. The van der Waals surface area contributed by atoms with Gasteiger partial charge in [0.15, 0.2) is 4.75 Å². The van der Waals surface area contributed by atoms with Crippen LogP contribution in [0.5, 0.6) is 0 Å². The first-order chi connectivity index (χ1) is 7.76. The molecule has 1 saturated heterocycles. The molecule has 1 aromatic rings. The molecular weight excluding hydrogens is 242 g/mol. The Bertz CT molecular complexity index is 580. The monoisotopic (exact) mass is 255 g/mol. The second kappa shape index (κ2) is 3.43. The summed E-state index contributed by atoms with van der Waals surface area (Å²) in [6.07, 6.45) is 1.48. The molecule has 1 fully saturated rings. The fourth-order valence-electron chi connectivity index (χ4n) is 1.67. The lowest BCUT2D eigenvalue weighted by molar-refractivity contribution is -0.132. The van der Waals surface area contributed by atoms with Crippen LogP contribution in [0.3, 0.4) is 0 Å². The van der Waals surface area contributed by atoms with Gasteiger partial charge in [-0.05, 0) is 31.5 Å². The highest BCUT2D eigenvalue weighted by Crippen LogP contribution is 2.35. The zero-order valence-corrected chi connectivity index (χ0v) is 10.4. The average Bonchev–Trinajstić information content (AvgIpc) is 2.24. The highest BCUT2D eigenvalue weighted by molar-refractivity contribution is 7.94. The summed E-state index contributed by atoms with van der Waals surface area (Å²) in [5.74, 6) is -0.0972. The quantitative estimate of drug-likeness (QED) is 0.809. The minimum Gasteiger partial charge on any atom is -0.384 e. The number of sulfonamides is 1. The first kappa shape index (κ1) is 11.8. The van der Waals surface area contributed by atoms with Gasteiger partial charge in [0.2, 0.25) is 0 Å². The van der Waals surface area contributed by atoms with E-state index in [1.54, 1.807) is 12.1 Å². The van der Waals surface area contributed by atoms with Crippen LogP contribution in [0.2, 0.25) is 0 Å². The number of carbonyl (C=O) groups excluding carboxylic acids is 1. The van der Waals surface area contributed by atoms with Crippen molar-refractivity contribution in [2.45, 2.75) is 25.1 Å². The Morgan fingerprint density at radius 1 is 1.47 bits per heavy atom. The Morgan fingerprint density at radius 3 is 2.65 bits per heavy atom. The first-order valence-electron chi connectivity index (χ1n) is 5.04. The van der Waals surface area contributed by atoms with Crippen molar-refractivity contribution in [1.82, 2.24) is 9.29 Å². The average molecular weight is 255 g/mol. The number of rotatable bonds is 2. The summed E-state index contributed by atoms with van der Waals surface area (Å²) in [6.45, 7) is 2.82. The van der Waals surface area contributed by atoms with Crippen molar-refractivity contribution in [2.24, 2.45) is 0 Å². The van der Waals surface area contributed by atoms with Gasteiger partial charge in [0.1, 0.15) is 5.82 Å². The maximum atomic E-state index is 11.8.